The standard InChI is InChI=1S/C11H9Cl.C11H13NO2S.C2H6.2CH2O/c1-8-5-6-10-9(7-8)3-2-4-11(10)12;1-8(13)15-7-11(14)9-3-5-10(12-2)6-4-9;3*1-2/h2-7H,1H3;3-6,12H,7H2,1-2H3;1-2H3;2*1H2. The molecule has 3 aromatic rings. The third-order valence-electron chi connectivity index (χ3n) is 3.88. The highest BCUT2D eigenvalue weighted by molar-refractivity contribution is 8.14. The minimum absolute atomic E-state index is 0.0159. The number of halogens is 1. The molecule has 7 heteroatoms. The Hall–Kier alpha value is -2.96. The van der Waals surface area contributed by atoms with E-state index in [1.165, 1.54) is 17.9 Å². The molecular formula is C26H32ClNO4S. The lowest BCUT2D eigenvalue weighted by atomic mass is 10.1. The molecule has 3 rings (SSSR count). The SMILES string of the molecule is C=O.C=O.CC.CNc1ccc(C(=O)CSC(C)=O)cc1.Cc1ccc2c(Cl)cccc2c1. The second kappa shape index (κ2) is 19.7. The van der Waals surface area contributed by atoms with Gasteiger partial charge in [0.1, 0.15) is 13.6 Å². The molecule has 1 N–H and O–H groups in total. The normalized spacial score (nSPS) is 8.67. The van der Waals surface area contributed by atoms with E-state index in [0.717, 1.165) is 27.9 Å². The van der Waals surface area contributed by atoms with Crippen LogP contribution < -0.4 is 5.32 Å². The van der Waals surface area contributed by atoms with Crippen LogP contribution in [0, 0.1) is 6.92 Å². The Morgan fingerprint density at radius 3 is 2.03 bits per heavy atom. The van der Waals surface area contributed by atoms with Crippen LogP contribution in [-0.2, 0) is 14.4 Å². The van der Waals surface area contributed by atoms with Crippen molar-refractivity contribution in [2.75, 3.05) is 18.1 Å². The van der Waals surface area contributed by atoms with Gasteiger partial charge < -0.3 is 14.9 Å². The van der Waals surface area contributed by atoms with E-state index in [0.29, 0.717) is 5.56 Å². The largest absolute Gasteiger partial charge is 0.388 e. The summed E-state index contributed by atoms with van der Waals surface area (Å²) in [5.74, 6) is 0.201. The molecule has 0 radical (unpaired) electrons. The number of aryl methyl sites for hydroxylation is 1. The zero-order chi connectivity index (χ0) is 25.8. The zero-order valence-corrected chi connectivity index (χ0v) is 21.4. The van der Waals surface area contributed by atoms with Crippen molar-refractivity contribution >= 4 is 64.3 Å². The highest BCUT2D eigenvalue weighted by Gasteiger charge is 2.07. The molecule has 0 atom stereocenters. The predicted molar refractivity (Wildman–Crippen MR) is 143 cm³/mol. The van der Waals surface area contributed by atoms with Gasteiger partial charge in [-0.1, -0.05) is 73.1 Å². The summed E-state index contributed by atoms with van der Waals surface area (Å²) in [4.78, 5) is 38.2. The van der Waals surface area contributed by atoms with Crippen molar-refractivity contribution in [1.29, 1.82) is 0 Å². The van der Waals surface area contributed by atoms with Crippen molar-refractivity contribution < 1.29 is 19.2 Å². The Bertz CT molecular complexity index is 976. The lowest BCUT2D eigenvalue weighted by molar-refractivity contribution is -0.109. The average molecular weight is 490 g/mol. The Kier molecular flexibility index (Phi) is 19.2. The van der Waals surface area contributed by atoms with Gasteiger partial charge in [0.15, 0.2) is 10.9 Å². The van der Waals surface area contributed by atoms with E-state index in [2.05, 4.69) is 36.5 Å². The van der Waals surface area contributed by atoms with E-state index in [1.807, 2.05) is 58.7 Å². The van der Waals surface area contributed by atoms with Crippen molar-refractivity contribution in [3.63, 3.8) is 0 Å². The van der Waals surface area contributed by atoms with Crippen LogP contribution in [-0.4, -0.2) is 37.3 Å². The first-order chi connectivity index (χ1) is 15.9. The van der Waals surface area contributed by atoms with Gasteiger partial charge in [0.2, 0.25) is 0 Å². The maximum atomic E-state index is 11.6. The summed E-state index contributed by atoms with van der Waals surface area (Å²) in [6, 6.07) is 19.4. The predicted octanol–water partition coefficient (Wildman–Crippen LogP) is 6.65. The number of thioether (sulfide) groups is 1. The van der Waals surface area contributed by atoms with E-state index in [1.54, 1.807) is 12.1 Å². The first-order valence-corrected chi connectivity index (χ1v) is 11.4. The van der Waals surface area contributed by atoms with E-state index >= 15 is 0 Å². The molecule has 5 nitrogen and oxygen atoms in total. The van der Waals surface area contributed by atoms with Crippen molar-refractivity contribution in [1.82, 2.24) is 0 Å². The van der Waals surface area contributed by atoms with Crippen molar-refractivity contribution in [3.05, 3.63) is 76.8 Å². The third-order valence-corrected chi connectivity index (χ3v) is 5.03. The van der Waals surface area contributed by atoms with Gasteiger partial charge in [0, 0.05) is 35.6 Å². The molecule has 3 aromatic carbocycles. The number of ketones is 1. The molecule has 0 unspecified atom stereocenters. The molecule has 0 heterocycles. The average Bonchev–Trinajstić information content (AvgIpc) is 2.86. The Morgan fingerprint density at radius 2 is 1.52 bits per heavy atom. The quantitative estimate of drug-likeness (QED) is 0.413. The number of anilines is 1. The van der Waals surface area contributed by atoms with Gasteiger partial charge in [-0.05, 0) is 42.6 Å². The lowest BCUT2D eigenvalue weighted by Crippen LogP contribution is -2.04. The highest BCUT2D eigenvalue weighted by Crippen LogP contribution is 2.23. The van der Waals surface area contributed by atoms with Gasteiger partial charge in [-0.2, -0.15) is 0 Å². The van der Waals surface area contributed by atoms with Crippen LogP contribution in [0.1, 0.15) is 36.7 Å². The zero-order valence-electron chi connectivity index (χ0n) is 19.8. The number of carbonyl (C=O) groups is 4. The number of fused-ring (bicyclic) bond motifs is 1. The molecule has 0 spiro atoms. The molecular weight excluding hydrogens is 458 g/mol. The highest BCUT2D eigenvalue weighted by atomic mass is 35.5. The van der Waals surface area contributed by atoms with Gasteiger partial charge in [0.05, 0.1) is 5.75 Å². The summed E-state index contributed by atoms with van der Waals surface area (Å²) in [7, 11) is 1.82. The maximum absolute atomic E-state index is 11.6. The smallest absolute Gasteiger partial charge is 0.186 e. The number of nitrogens with one attached hydrogen (secondary N) is 1. The number of carbonyl (C=O) groups excluding carboxylic acids is 4. The monoisotopic (exact) mass is 489 g/mol. The maximum Gasteiger partial charge on any atom is 0.186 e. The Morgan fingerprint density at radius 1 is 0.939 bits per heavy atom. The fourth-order valence-electron chi connectivity index (χ4n) is 2.44. The van der Waals surface area contributed by atoms with Crippen LogP contribution in [0.25, 0.3) is 10.8 Å². The third kappa shape index (κ3) is 12.6. The van der Waals surface area contributed by atoms with E-state index in [4.69, 9.17) is 21.2 Å². The molecule has 0 saturated heterocycles. The Labute approximate surface area is 205 Å². The molecule has 0 bridgehead atoms. The van der Waals surface area contributed by atoms with Crippen molar-refractivity contribution in [3.8, 4) is 0 Å². The van der Waals surface area contributed by atoms with Crippen molar-refractivity contribution in [2.24, 2.45) is 0 Å². The van der Waals surface area contributed by atoms with Crippen LogP contribution in [0.4, 0.5) is 5.69 Å². The topological polar surface area (TPSA) is 80.3 Å². The molecule has 0 aromatic heterocycles. The molecule has 0 aliphatic carbocycles. The molecule has 0 saturated carbocycles. The number of hydrogen-bond donors (Lipinski definition) is 1. The summed E-state index contributed by atoms with van der Waals surface area (Å²) < 4.78 is 0. The molecule has 178 valence electrons. The summed E-state index contributed by atoms with van der Waals surface area (Å²) in [5, 5.41) is 6.11. The summed E-state index contributed by atoms with van der Waals surface area (Å²) in [6.07, 6.45) is 0. The first-order valence-electron chi connectivity index (χ1n) is 10.1. The fourth-order valence-corrected chi connectivity index (χ4v) is 3.18. The van der Waals surface area contributed by atoms with E-state index in [9.17, 15) is 9.59 Å². The van der Waals surface area contributed by atoms with Gasteiger partial charge in [-0.15, -0.1) is 0 Å². The minimum Gasteiger partial charge on any atom is -0.388 e. The van der Waals surface area contributed by atoms with E-state index < -0.39 is 0 Å². The van der Waals surface area contributed by atoms with Crippen LogP contribution in [0.3, 0.4) is 0 Å². The number of rotatable bonds is 4. The lowest BCUT2D eigenvalue weighted by Gasteiger charge is -2.02. The van der Waals surface area contributed by atoms with Gasteiger partial charge in [0.25, 0.3) is 0 Å². The molecule has 33 heavy (non-hydrogen) atoms. The van der Waals surface area contributed by atoms with Gasteiger partial charge in [-0.3, -0.25) is 9.59 Å². The summed E-state index contributed by atoms with van der Waals surface area (Å²) in [6.45, 7) is 11.5. The molecule has 0 aliphatic rings. The van der Waals surface area contributed by atoms with Crippen LogP contribution in [0.2, 0.25) is 5.02 Å². The second-order valence-corrected chi connectivity index (χ2v) is 7.55. The summed E-state index contributed by atoms with van der Waals surface area (Å²) in [5.41, 5.74) is 2.87. The van der Waals surface area contributed by atoms with E-state index in [-0.39, 0.29) is 16.7 Å². The minimum atomic E-state index is -0.0322. The van der Waals surface area contributed by atoms with Gasteiger partial charge in [-0.25, -0.2) is 0 Å². The second-order valence-electron chi connectivity index (χ2n) is 6.00. The van der Waals surface area contributed by atoms with Crippen LogP contribution in [0.5, 0.6) is 0 Å². The van der Waals surface area contributed by atoms with Crippen LogP contribution in [0.15, 0.2) is 60.7 Å². The molecule has 0 amide bonds. The molecule has 0 aliphatic heterocycles. The fraction of sp³-hybridized carbons (Fsp3) is 0.231. The van der Waals surface area contributed by atoms with Gasteiger partial charge >= 0.3 is 0 Å². The number of hydrogen-bond acceptors (Lipinski definition) is 6. The Balaban J connectivity index is 0. The first kappa shape index (κ1) is 32.2. The summed E-state index contributed by atoms with van der Waals surface area (Å²) >= 11 is 7.05. The van der Waals surface area contributed by atoms with Crippen molar-refractivity contribution in [2.45, 2.75) is 27.7 Å². The van der Waals surface area contributed by atoms with Crippen LogP contribution >= 0.6 is 23.4 Å². The molecule has 0 fully saturated rings. The number of benzene rings is 3. The number of Topliss-reactive ketones (excluding diaryl/α,β-unsaturated/α-hetero) is 1.